The minimum atomic E-state index is -0.249. The van der Waals surface area contributed by atoms with Gasteiger partial charge in [0.25, 0.3) is 0 Å². The van der Waals surface area contributed by atoms with E-state index >= 15 is 0 Å². The zero-order valence-corrected chi connectivity index (χ0v) is 10.2. The summed E-state index contributed by atoms with van der Waals surface area (Å²) >= 11 is 0. The molecule has 0 heterocycles. The monoisotopic (exact) mass is 220 g/mol. The Bertz CT molecular complexity index is 331. The van der Waals surface area contributed by atoms with Crippen molar-refractivity contribution >= 4 is 5.97 Å². The van der Waals surface area contributed by atoms with Crippen molar-refractivity contribution in [3.63, 3.8) is 0 Å². The van der Waals surface area contributed by atoms with E-state index in [4.69, 9.17) is 4.74 Å². The van der Waals surface area contributed by atoms with Gasteiger partial charge in [-0.05, 0) is 24.5 Å². The van der Waals surface area contributed by atoms with Gasteiger partial charge in [0, 0.05) is 6.92 Å². The lowest BCUT2D eigenvalue weighted by Gasteiger charge is -2.08. The quantitative estimate of drug-likeness (QED) is 0.415. The molecule has 0 bridgehead atoms. The highest BCUT2D eigenvalue weighted by Crippen LogP contribution is 2.20. The number of hydrogen-bond donors (Lipinski definition) is 0. The molecule has 0 unspecified atom stereocenters. The smallest absolute Gasteiger partial charge is 0.308 e. The molecule has 1 aromatic rings. The minimum Gasteiger partial charge on any atom is -0.426 e. The maximum atomic E-state index is 10.9. The standard InChI is InChI=1S/C14H20O2/c1-3-4-5-6-9-13-10-7-8-11-14(13)16-12(2)15/h7-8,10-11H,3-6,9H2,1-2H3. The van der Waals surface area contributed by atoms with Gasteiger partial charge in [-0.25, -0.2) is 0 Å². The summed E-state index contributed by atoms with van der Waals surface area (Å²) in [6, 6.07) is 7.77. The number of carbonyl (C=O) groups excluding carboxylic acids is 1. The van der Waals surface area contributed by atoms with Gasteiger partial charge >= 0.3 is 5.97 Å². The van der Waals surface area contributed by atoms with E-state index in [2.05, 4.69) is 6.92 Å². The molecular weight excluding hydrogens is 200 g/mol. The van der Waals surface area contributed by atoms with Gasteiger partial charge < -0.3 is 4.74 Å². The third kappa shape index (κ3) is 4.47. The fourth-order valence-electron chi connectivity index (χ4n) is 1.71. The normalized spacial score (nSPS) is 10.1. The van der Waals surface area contributed by atoms with Crippen LogP contribution in [-0.2, 0) is 11.2 Å². The number of carbonyl (C=O) groups is 1. The molecule has 0 saturated carbocycles. The first-order valence-electron chi connectivity index (χ1n) is 6.00. The number of ether oxygens (including phenoxy) is 1. The second kappa shape index (κ2) is 7.04. The summed E-state index contributed by atoms with van der Waals surface area (Å²) in [4.78, 5) is 10.9. The van der Waals surface area contributed by atoms with E-state index in [-0.39, 0.29) is 5.97 Å². The zero-order valence-electron chi connectivity index (χ0n) is 10.2. The first kappa shape index (κ1) is 12.8. The van der Waals surface area contributed by atoms with Crippen molar-refractivity contribution in [3.8, 4) is 5.75 Å². The second-order valence-corrected chi connectivity index (χ2v) is 4.01. The maximum Gasteiger partial charge on any atom is 0.308 e. The van der Waals surface area contributed by atoms with Gasteiger partial charge in [-0.3, -0.25) is 4.79 Å². The van der Waals surface area contributed by atoms with Crippen LogP contribution in [0.3, 0.4) is 0 Å². The zero-order chi connectivity index (χ0) is 11.8. The summed E-state index contributed by atoms with van der Waals surface area (Å²) in [5.74, 6) is 0.465. The molecule has 2 heteroatoms. The number of esters is 1. The van der Waals surface area contributed by atoms with Crippen molar-refractivity contribution in [2.45, 2.75) is 46.0 Å². The maximum absolute atomic E-state index is 10.9. The number of para-hydroxylation sites is 1. The van der Waals surface area contributed by atoms with Crippen LogP contribution in [0.5, 0.6) is 5.75 Å². The summed E-state index contributed by atoms with van der Waals surface area (Å²) in [6.07, 6.45) is 5.90. The van der Waals surface area contributed by atoms with Crippen LogP contribution >= 0.6 is 0 Å². The predicted molar refractivity (Wildman–Crippen MR) is 65.6 cm³/mol. The Morgan fingerprint density at radius 2 is 1.94 bits per heavy atom. The lowest BCUT2D eigenvalue weighted by Crippen LogP contribution is -2.03. The van der Waals surface area contributed by atoms with Crippen LogP contribution in [0.2, 0.25) is 0 Å². The Hall–Kier alpha value is -1.31. The van der Waals surface area contributed by atoms with E-state index in [0.717, 1.165) is 18.4 Å². The number of rotatable bonds is 6. The van der Waals surface area contributed by atoms with Gasteiger partial charge in [0.2, 0.25) is 0 Å². The van der Waals surface area contributed by atoms with Crippen LogP contribution in [0.15, 0.2) is 24.3 Å². The lowest BCUT2D eigenvalue weighted by molar-refractivity contribution is -0.131. The Morgan fingerprint density at radius 1 is 1.19 bits per heavy atom. The highest BCUT2D eigenvalue weighted by atomic mass is 16.5. The van der Waals surface area contributed by atoms with Crippen molar-refractivity contribution < 1.29 is 9.53 Å². The van der Waals surface area contributed by atoms with Crippen LogP contribution < -0.4 is 4.74 Å². The van der Waals surface area contributed by atoms with E-state index in [9.17, 15) is 4.79 Å². The molecule has 0 aromatic heterocycles. The molecule has 0 fully saturated rings. The predicted octanol–water partition coefficient (Wildman–Crippen LogP) is 3.73. The van der Waals surface area contributed by atoms with E-state index in [1.54, 1.807) is 0 Å². The van der Waals surface area contributed by atoms with Gasteiger partial charge in [-0.2, -0.15) is 0 Å². The molecule has 2 nitrogen and oxygen atoms in total. The van der Waals surface area contributed by atoms with Crippen molar-refractivity contribution in [2.75, 3.05) is 0 Å². The summed E-state index contributed by atoms with van der Waals surface area (Å²) in [6.45, 7) is 3.64. The molecule has 1 aromatic carbocycles. The van der Waals surface area contributed by atoms with Gasteiger partial charge in [-0.1, -0.05) is 44.4 Å². The Balaban J connectivity index is 2.53. The SMILES string of the molecule is CCCCCCc1ccccc1OC(C)=O. The fraction of sp³-hybridized carbons (Fsp3) is 0.500. The molecule has 1 rings (SSSR count). The van der Waals surface area contributed by atoms with Crippen LogP contribution in [0.1, 0.15) is 45.1 Å². The molecule has 0 saturated heterocycles. The van der Waals surface area contributed by atoms with Crippen molar-refractivity contribution in [2.24, 2.45) is 0 Å². The van der Waals surface area contributed by atoms with E-state index in [0.29, 0.717) is 5.75 Å². The number of hydrogen-bond acceptors (Lipinski definition) is 2. The van der Waals surface area contributed by atoms with Crippen molar-refractivity contribution in [1.29, 1.82) is 0 Å². The number of aryl methyl sites for hydroxylation is 1. The van der Waals surface area contributed by atoms with Gasteiger partial charge in [0.05, 0.1) is 0 Å². The summed E-state index contributed by atoms with van der Waals surface area (Å²) < 4.78 is 5.16. The van der Waals surface area contributed by atoms with Crippen LogP contribution in [0, 0.1) is 0 Å². The second-order valence-electron chi connectivity index (χ2n) is 4.01. The molecule has 16 heavy (non-hydrogen) atoms. The molecule has 0 aliphatic heterocycles. The molecule has 0 radical (unpaired) electrons. The Morgan fingerprint density at radius 3 is 2.62 bits per heavy atom. The van der Waals surface area contributed by atoms with Crippen LogP contribution in [0.25, 0.3) is 0 Å². The average Bonchev–Trinajstić information content (AvgIpc) is 2.26. The first-order valence-corrected chi connectivity index (χ1v) is 6.00. The summed E-state index contributed by atoms with van der Waals surface area (Å²) in [5, 5.41) is 0. The van der Waals surface area contributed by atoms with Gasteiger partial charge in [0.1, 0.15) is 5.75 Å². The average molecular weight is 220 g/mol. The minimum absolute atomic E-state index is 0.249. The molecule has 88 valence electrons. The molecule has 0 aliphatic rings. The van der Waals surface area contributed by atoms with Crippen molar-refractivity contribution in [1.82, 2.24) is 0 Å². The number of unbranched alkanes of at least 4 members (excludes halogenated alkanes) is 3. The van der Waals surface area contributed by atoms with Crippen LogP contribution in [-0.4, -0.2) is 5.97 Å². The summed E-state index contributed by atoms with van der Waals surface area (Å²) in [5.41, 5.74) is 1.13. The topological polar surface area (TPSA) is 26.3 Å². The Labute approximate surface area is 97.6 Å². The molecule has 0 amide bonds. The van der Waals surface area contributed by atoms with E-state index in [1.165, 1.54) is 26.2 Å². The lowest BCUT2D eigenvalue weighted by atomic mass is 10.1. The first-order chi connectivity index (χ1) is 7.74. The molecular formula is C14H20O2. The fourth-order valence-corrected chi connectivity index (χ4v) is 1.71. The molecule has 0 N–H and O–H groups in total. The third-order valence-corrected chi connectivity index (χ3v) is 2.53. The number of benzene rings is 1. The highest BCUT2D eigenvalue weighted by Gasteiger charge is 2.04. The van der Waals surface area contributed by atoms with E-state index in [1.807, 2.05) is 24.3 Å². The molecule has 0 atom stereocenters. The van der Waals surface area contributed by atoms with Crippen molar-refractivity contribution in [3.05, 3.63) is 29.8 Å². The Kier molecular flexibility index (Phi) is 5.62. The highest BCUT2D eigenvalue weighted by molar-refractivity contribution is 5.69. The summed E-state index contributed by atoms with van der Waals surface area (Å²) in [7, 11) is 0. The molecule has 0 aliphatic carbocycles. The van der Waals surface area contributed by atoms with E-state index < -0.39 is 0 Å². The van der Waals surface area contributed by atoms with Gasteiger partial charge in [0.15, 0.2) is 0 Å². The molecule has 0 spiro atoms. The third-order valence-electron chi connectivity index (χ3n) is 2.53. The largest absolute Gasteiger partial charge is 0.426 e. The van der Waals surface area contributed by atoms with Gasteiger partial charge in [-0.15, -0.1) is 0 Å². The van der Waals surface area contributed by atoms with Crippen LogP contribution in [0.4, 0.5) is 0 Å².